The van der Waals surface area contributed by atoms with Crippen molar-refractivity contribution in [3.8, 4) is 0 Å². The van der Waals surface area contributed by atoms with Crippen LogP contribution in [0.25, 0.3) is 0 Å². The highest BCUT2D eigenvalue weighted by Crippen LogP contribution is 2.24. The van der Waals surface area contributed by atoms with Crippen molar-refractivity contribution in [3.63, 3.8) is 0 Å². The first-order valence-electron chi connectivity index (χ1n) is 4.49. The summed E-state index contributed by atoms with van der Waals surface area (Å²) < 4.78 is 0. The molecule has 2 atom stereocenters. The van der Waals surface area contributed by atoms with Crippen molar-refractivity contribution in [3.05, 3.63) is 0 Å². The summed E-state index contributed by atoms with van der Waals surface area (Å²) in [5, 5.41) is 1.70. The maximum Gasteiger partial charge on any atom is 0.158 e. The number of hydrogen-bond acceptors (Lipinski definition) is 3. The van der Waals surface area contributed by atoms with Gasteiger partial charge >= 0.3 is 0 Å². The number of ketones is 1. The molecule has 0 aromatic heterocycles. The van der Waals surface area contributed by atoms with Gasteiger partial charge in [0.25, 0.3) is 0 Å². The molecule has 1 aliphatic heterocycles. The summed E-state index contributed by atoms with van der Waals surface area (Å²) in [6, 6.07) is -0.193. The van der Waals surface area contributed by atoms with Crippen molar-refractivity contribution in [2.45, 2.75) is 32.2 Å². The number of rotatable bonds is 1. The van der Waals surface area contributed by atoms with E-state index in [0.717, 1.165) is 0 Å². The third-order valence-electron chi connectivity index (χ3n) is 2.30. The Labute approximate surface area is 84.4 Å². The molecule has 1 saturated heterocycles. The Morgan fingerprint density at radius 3 is 2.38 bits per heavy atom. The van der Waals surface area contributed by atoms with Crippen LogP contribution in [-0.2, 0) is 4.79 Å². The molecule has 76 valence electrons. The second kappa shape index (κ2) is 3.56. The molecule has 1 fully saturated rings. The van der Waals surface area contributed by atoms with Crippen LogP contribution in [0, 0.1) is 5.41 Å². The quantitative estimate of drug-likeness (QED) is 0.648. The Morgan fingerprint density at radius 1 is 1.54 bits per heavy atom. The number of Topliss-reactive ketones (excluding diaryl/α,β-unsaturated/α-hetero) is 1. The van der Waals surface area contributed by atoms with E-state index in [1.165, 1.54) is 0 Å². The van der Waals surface area contributed by atoms with Gasteiger partial charge in [-0.15, -0.1) is 11.6 Å². The Kier molecular flexibility index (Phi) is 3.00. The first kappa shape index (κ1) is 11.0. The number of alkyl halides is 1. The minimum atomic E-state index is -0.321. The van der Waals surface area contributed by atoms with E-state index in [1.54, 1.807) is 0 Å². The molecule has 1 rings (SSSR count). The fourth-order valence-electron chi connectivity index (χ4n) is 1.47. The average molecular weight is 205 g/mol. The van der Waals surface area contributed by atoms with Gasteiger partial charge in [-0.3, -0.25) is 10.2 Å². The van der Waals surface area contributed by atoms with E-state index in [-0.39, 0.29) is 22.6 Å². The summed E-state index contributed by atoms with van der Waals surface area (Å²) in [6.07, 6.45) is 0. The normalized spacial score (nSPS) is 30.8. The summed E-state index contributed by atoms with van der Waals surface area (Å²) in [4.78, 5) is 11.9. The molecule has 3 nitrogen and oxygen atoms in total. The highest BCUT2D eigenvalue weighted by molar-refractivity contribution is 6.23. The van der Waals surface area contributed by atoms with Gasteiger partial charge in [-0.2, -0.15) is 0 Å². The van der Waals surface area contributed by atoms with E-state index < -0.39 is 0 Å². The molecule has 0 aliphatic carbocycles. The van der Waals surface area contributed by atoms with Crippen LogP contribution in [-0.4, -0.2) is 35.8 Å². The molecular weight excluding hydrogens is 188 g/mol. The van der Waals surface area contributed by atoms with Gasteiger partial charge in [0.1, 0.15) is 6.04 Å². The highest BCUT2D eigenvalue weighted by atomic mass is 35.5. The number of hydrogen-bond donors (Lipinski definition) is 1. The number of hydrazine groups is 1. The molecular formula is C9H17ClN2O. The number of carbonyl (C=O) groups excluding carboxylic acids is 1. The maximum atomic E-state index is 11.9. The minimum Gasteiger partial charge on any atom is -0.297 e. The molecule has 0 aromatic carbocycles. The van der Waals surface area contributed by atoms with Crippen molar-refractivity contribution in [2.24, 2.45) is 5.41 Å². The number of nitrogens with one attached hydrogen (secondary N) is 1. The van der Waals surface area contributed by atoms with Crippen LogP contribution < -0.4 is 5.43 Å². The molecule has 2 unspecified atom stereocenters. The molecule has 0 radical (unpaired) electrons. The first-order chi connectivity index (χ1) is 5.84. The lowest BCUT2D eigenvalue weighted by Gasteiger charge is -2.26. The molecule has 0 aromatic rings. The Bertz CT molecular complexity index is 202. The van der Waals surface area contributed by atoms with Crippen molar-refractivity contribution < 1.29 is 4.79 Å². The standard InChI is InChI=1S/C9H17ClN2O/c1-9(2,3)8(13)7-6(10)5-11-12(7)4/h6-7,11H,5H2,1-4H3. The van der Waals surface area contributed by atoms with Crippen LogP contribution in [0.1, 0.15) is 20.8 Å². The van der Waals surface area contributed by atoms with Gasteiger partial charge in [-0.05, 0) is 0 Å². The summed E-state index contributed by atoms with van der Waals surface area (Å²) >= 11 is 6.05. The van der Waals surface area contributed by atoms with Crippen LogP contribution >= 0.6 is 11.6 Å². The van der Waals surface area contributed by atoms with Crippen molar-refractivity contribution >= 4 is 17.4 Å². The Hall–Kier alpha value is -0.120. The van der Waals surface area contributed by atoms with Gasteiger partial charge in [0.05, 0.1) is 5.38 Å². The SMILES string of the molecule is CN1NCC(Cl)C1C(=O)C(C)(C)C. The van der Waals surface area contributed by atoms with E-state index in [4.69, 9.17) is 11.6 Å². The first-order valence-corrected chi connectivity index (χ1v) is 4.92. The van der Waals surface area contributed by atoms with Gasteiger partial charge in [0.15, 0.2) is 5.78 Å². The third-order valence-corrected chi connectivity index (χ3v) is 2.70. The van der Waals surface area contributed by atoms with E-state index >= 15 is 0 Å². The van der Waals surface area contributed by atoms with Crippen molar-refractivity contribution in [2.75, 3.05) is 13.6 Å². The lowest BCUT2D eigenvalue weighted by molar-refractivity contribution is -0.130. The Morgan fingerprint density at radius 2 is 2.08 bits per heavy atom. The third kappa shape index (κ3) is 2.22. The predicted octanol–water partition coefficient (Wildman–Crippen LogP) is 1.03. The van der Waals surface area contributed by atoms with Gasteiger partial charge in [0.2, 0.25) is 0 Å². The molecule has 1 N–H and O–H groups in total. The lowest BCUT2D eigenvalue weighted by Crippen LogP contribution is -2.45. The molecule has 0 saturated carbocycles. The van der Waals surface area contributed by atoms with Crippen molar-refractivity contribution in [1.29, 1.82) is 0 Å². The molecule has 0 bridgehead atoms. The second-order valence-electron chi connectivity index (χ2n) is 4.55. The topological polar surface area (TPSA) is 32.3 Å². The maximum absolute atomic E-state index is 11.9. The summed E-state index contributed by atoms with van der Waals surface area (Å²) in [5.74, 6) is 0.194. The Balaban J connectivity index is 2.76. The van der Waals surface area contributed by atoms with Crippen LogP contribution in [0.15, 0.2) is 0 Å². The van der Waals surface area contributed by atoms with Crippen LogP contribution in [0.4, 0.5) is 0 Å². The minimum absolute atomic E-state index is 0.114. The zero-order valence-electron chi connectivity index (χ0n) is 8.60. The number of likely N-dealkylation sites (N-methyl/N-ethyl adjacent to an activating group) is 1. The fourth-order valence-corrected chi connectivity index (χ4v) is 1.82. The molecule has 1 aliphatic rings. The predicted molar refractivity (Wildman–Crippen MR) is 53.7 cm³/mol. The molecule has 4 heteroatoms. The van der Waals surface area contributed by atoms with E-state index in [2.05, 4.69) is 5.43 Å². The van der Waals surface area contributed by atoms with Gasteiger partial charge in [-0.25, -0.2) is 5.01 Å². The monoisotopic (exact) mass is 204 g/mol. The van der Waals surface area contributed by atoms with Gasteiger partial charge in [0, 0.05) is 19.0 Å². The zero-order chi connectivity index (χ0) is 10.2. The number of nitrogens with zero attached hydrogens (tertiary/aromatic N) is 1. The zero-order valence-corrected chi connectivity index (χ0v) is 9.35. The smallest absolute Gasteiger partial charge is 0.158 e. The van der Waals surface area contributed by atoms with Gasteiger partial charge < -0.3 is 0 Å². The average Bonchev–Trinajstić information content (AvgIpc) is 2.28. The summed E-state index contributed by atoms with van der Waals surface area (Å²) in [7, 11) is 1.86. The summed E-state index contributed by atoms with van der Waals surface area (Å²) in [6.45, 7) is 6.44. The van der Waals surface area contributed by atoms with Crippen LogP contribution in [0.5, 0.6) is 0 Å². The fraction of sp³-hybridized carbons (Fsp3) is 0.889. The van der Waals surface area contributed by atoms with Gasteiger partial charge in [-0.1, -0.05) is 20.8 Å². The summed E-state index contributed by atoms with van der Waals surface area (Å²) in [5.41, 5.74) is 2.73. The van der Waals surface area contributed by atoms with E-state index in [0.29, 0.717) is 6.54 Å². The van der Waals surface area contributed by atoms with E-state index in [9.17, 15) is 4.79 Å². The molecule has 0 spiro atoms. The molecule has 0 amide bonds. The second-order valence-corrected chi connectivity index (χ2v) is 5.11. The van der Waals surface area contributed by atoms with Crippen LogP contribution in [0.2, 0.25) is 0 Å². The molecule has 1 heterocycles. The van der Waals surface area contributed by atoms with E-state index in [1.807, 2.05) is 32.8 Å². The number of halogens is 1. The van der Waals surface area contributed by atoms with Crippen molar-refractivity contribution in [1.82, 2.24) is 10.4 Å². The lowest BCUT2D eigenvalue weighted by atomic mass is 9.85. The number of carbonyl (C=O) groups is 1. The molecule has 13 heavy (non-hydrogen) atoms. The highest BCUT2D eigenvalue weighted by Gasteiger charge is 2.40. The van der Waals surface area contributed by atoms with Crippen LogP contribution in [0.3, 0.4) is 0 Å². The largest absolute Gasteiger partial charge is 0.297 e.